The van der Waals surface area contributed by atoms with Gasteiger partial charge in [-0.25, -0.2) is 0 Å². The van der Waals surface area contributed by atoms with Crippen LogP contribution in [0.1, 0.15) is 31.7 Å². The van der Waals surface area contributed by atoms with E-state index in [4.69, 9.17) is 18.9 Å². The highest BCUT2D eigenvalue weighted by Crippen LogP contribution is 2.38. The van der Waals surface area contributed by atoms with Gasteiger partial charge in [-0.1, -0.05) is 0 Å². The molecule has 118 valence electrons. The Balaban J connectivity index is 2.61. The van der Waals surface area contributed by atoms with Crippen molar-refractivity contribution in [2.45, 2.75) is 32.6 Å². The van der Waals surface area contributed by atoms with Crippen LogP contribution in [0.3, 0.4) is 0 Å². The van der Waals surface area contributed by atoms with Gasteiger partial charge in [0.2, 0.25) is 5.75 Å². The molecule has 0 aliphatic carbocycles. The summed E-state index contributed by atoms with van der Waals surface area (Å²) in [5.74, 6) is 1.76. The van der Waals surface area contributed by atoms with Crippen LogP contribution in [0.15, 0.2) is 12.1 Å². The van der Waals surface area contributed by atoms with E-state index in [9.17, 15) is 4.79 Å². The van der Waals surface area contributed by atoms with E-state index in [0.29, 0.717) is 30.3 Å². The fourth-order valence-electron chi connectivity index (χ4n) is 2.11. The van der Waals surface area contributed by atoms with Gasteiger partial charge in [0.05, 0.1) is 27.9 Å². The van der Waals surface area contributed by atoms with E-state index < -0.39 is 0 Å². The average molecular weight is 296 g/mol. The van der Waals surface area contributed by atoms with Crippen LogP contribution in [0.25, 0.3) is 0 Å². The smallest absolute Gasteiger partial charge is 0.305 e. The van der Waals surface area contributed by atoms with Crippen LogP contribution in [0.2, 0.25) is 0 Å². The topological polar surface area (TPSA) is 54.0 Å². The van der Waals surface area contributed by atoms with E-state index in [0.717, 1.165) is 24.8 Å². The van der Waals surface area contributed by atoms with Crippen LogP contribution < -0.4 is 14.2 Å². The first-order valence-corrected chi connectivity index (χ1v) is 7.10. The van der Waals surface area contributed by atoms with E-state index in [2.05, 4.69) is 0 Å². The van der Waals surface area contributed by atoms with Gasteiger partial charge < -0.3 is 18.9 Å². The zero-order valence-corrected chi connectivity index (χ0v) is 13.2. The van der Waals surface area contributed by atoms with Crippen molar-refractivity contribution in [3.63, 3.8) is 0 Å². The molecule has 0 unspecified atom stereocenters. The number of aryl methyl sites for hydroxylation is 1. The summed E-state index contributed by atoms with van der Waals surface area (Å²) in [6.07, 6.45) is 3.00. The number of carbonyl (C=O) groups excluding carboxylic acids is 1. The van der Waals surface area contributed by atoms with Gasteiger partial charge in [0, 0.05) is 6.42 Å². The Morgan fingerprint density at radius 3 is 2.10 bits per heavy atom. The molecule has 0 bridgehead atoms. The molecule has 5 heteroatoms. The third kappa shape index (κ3) is 5.17. The molecule has 0 atom stereocenters. The minimum Gasteiger partial charge on any atom is -0.493 e. The molecule has 0 amide bonds. The predicted molar refractivity (Wildman–Crippen MR) is 80.3 cm³/mol. The summed E-state index contributed by atoms with van der Waals surface area (Å²) in [5.41, 5.74) is 1.09. The van der Waals surface area contributed by atoms with Gasteiger partial charge in [-0.15, -0.1) is 0 Å². The molecule has 0 aliphatic heterocycles. The molecule has 0 fully saturated rings. The van der Waals surface area contributed by atoms with Crippen molar-refractivity contribution < 1.29 is 23.7 Å². The van der Waals surface area contributed by atoms with Crippen LogP contribution in [-0.4, -0.2) is 33.9 Å². The molecule has 0 spiro atoms. The van der Waals surface area contributed by atoms with Crippen LogP contribution in [0.5, 0.6) is 17.2 Å². The summed E-state index contributed by atoms with van der Waals surface area (Å²) in [6, 6.07) is 3.87. The van der Waals surface area contributed by atoms with Gasteiger partial charge >= 0.3 is 5.97 Å². The second-order valence-corrected chi connectivity index (χ2v) is 4.55. The summed E-state index contributed by atoms with van der Waals surface area (Å²) < 4.78 is 20.8. The fraction of sp³-hybridized carbons (Fsp3) is 0.562. The van der Waals surface area contributed by atoms with Crippen LogP contribution in [-0.2, 0) is 16.0 Å². The minimum absolute atomic E-state index is 0.137. The first-order valence-electron chi connectivity index (χ1n) is 7.10. The Labute approximate surface area is 126 Å². The molecular formula is C16H24O5. The second-order valence-electron chi connectivity index (χ2n) is 4.55. The summed E-state index contributed by atoms with van der Waals surface area (Å²) in [7, 11) is 4.78. The third-order valence-electron chi connectivity index (χ3n) is 3.13. The highest BCUT2D eigenvalue weighted by molar-refractivity contribution is 5.69. The van der Waals surface area contributed by atoms with Gasteiger partial charge in [-0.2, -0.15) is 0 Å². The van der Waals surface area contributed by atoms with E-state index in [1.165, 1.54) is 0 Å². The van der Waals surface area contributed by atoms with Crippen LogP contribution in [0.4, 0.5) is 0 Å². The number of methoxy groups -OCH3 is 3. The molecule has 1 rings (SSSR count). The van der Waals surface area contributed by atoms with Crippen molar-refractivity contribution in [3.8, 4) is 17.2 Å². The first-order chi connectivity index (χ1) is 10.2. The number of hydrogen-bond acceptors (Lipinski definition) is 5. The van der Waals surface area contributed by atoms with Crippen LogP contribution in [0, 0.1) is 0 Å². The Bertz CT molecular complexity index is 431. The number of ether oxygens (including phenoxy) is 4. The molecule has 0 saturated carbocycles. The van der Waals surface area contributed by atoms with E-state index in [1.807, 2.05) is 19.1 Å². The number of hydrogen-bond donors (Lipinski definition) is 0. The van der Waals surface area contributed by atoms with E-state index in [-0.39, 0.29) is 5.97 Å². The lowest BCUT2D eigenvalue weighted by Crippen LogP contribution is -2.03. The summed E-state index contributed by atoms with van der Waals surface area (Å²) in [5, 5.41) is 0. The Hall–Kier alpha value is -1.91. The van der Waals surface area contributed by atoms with Gasteiger partial charge in [0.1, 0.15) is 0 Å². The molecule has 0 heterocycles. The van der Waals surface area contributed by atoms with Gasteiger partial charge in [-0.3, -0.25) is 4.79 Å². The molecule has 1 aromatic rings. The normalized spacial score (nSPS) is 10.1. The largest absolute Gasteiger partial charge is 0.493 e. The zero-order valence-electron chi connectivity index (χ0n) is 13.2. The summed E-state index contributed by atoms with van der Waals surface area (Å²) in [6.45, 7) is 2.25. The molecule has 0 radical (unpaired) electrons. The average Bonchev–Trinajstić information content (AvgIpc) is 2.50. The molecular weight excluding hydrogens is 272 g/mol. The molecule has 21 heavy (non-hydrogen) atoms. The van der Waals surface area contributed by atoms with Crippen molar-refractivity contribution in [1.82, 2.24) is 0 Å². The molecule has 0 aromatic heterocycles. The minimum atomic E-state index is -0.137. The van der Waals surface area contributed by atoms with E-state index >= 15 is 0 Å². The van der Waals surface area contributed by atoms with Gasteiger partial charge in [0.15, 0.2) is 11.5 Å². The van der Waals surface area contributed by atoms with Gasteiger partial charge in [-0.05, 0) is 43.9 Å². The highest BCUT2D eigenvalue weighted by Gasteiger charge is 2.13. The second kappa shape index (κ2) is 9.10. The Kier molecular flexibility index (Phi) is 7.43. The molecule has 1 aromatic carbocycles. The highest BCUT2D eigenvalue weighted by atomic mass is 16.5. The summed E-state index contributed by atoms with van der Waals surface area (Å²) >= 11 is 0. The van der Waals surface area contributed by atoms with E-state index in [1.54, 1.807) is 21.3 Å². The Morgan fingerprint density at radius 1 is 1.00 bits per heavy atom. The fourth-order valence-corrected chi connectivity index (χ4v) is 2.11. The molecule has 0 saturated heterocycles. The standard InChI is InChI=1S/C16H24O5/c1-5-21-15(17)9-7-6-8-12-10-13(18-2)16(20-4)14(11-12)19-3/h10-11H,5-9H2,1-4H3. The van der Waals surface area contributed by atoms with Crippen molar-refractivity contribution in [2.24, 2.45) is 0 Å². The zero-order chi connectivity index (χ0) is 15.7. The first kappa shape index (κ1) is 17.1. The van der Waals surface area contributed by atoms with Crippen molar-refractivity contribution in [2.75, 3.05) is 27.9 Å². The lowest BCUT2D eigenvalue weighted by molar-refractivity contribution is -0.143. The maximum absolute atomic E-state index is 11.3. The quantitative estimate of drug-likeness (QED) is 0.518. The Morgan fingerprint density at radius 2 is 1.62 bits per heavy atom. The van der Waals surface area contributed by atoms with Crippen molar-refractivity contribution >= 4 is 5.97 Å². The molecule has 0 aliphatic rings. The van der Waals surface area contributed by atoms with Gasteiger partial charge in [0.25, 0.3) is 0 Å². The number of carbonyl (C=O) groups is 1. The lowest BCUT2D eigenvalue weighted by atomic mass is 10.1. The number of rotatable bonds is 9. The predicted octanol–water partition coefficient (Wildman–Crippen LogP) is 2.99. The lowest BCUT2D eigenvalue weighted by Gasteiger charge is -2.14. The third-order valence-corrected chi connectivity index (χ3v) is 3.13. The van der Waals surface area contributed by atoms with Crippen molar-refractivity contribution in [1.29, 1.82) is 0 Å². The number of esters is 1. The SMILES string of the molecule is CCOC(=O)CCCCc1cc(OC)c(OC)c(OC)c1. The number of unbranched alkanes of at least 4 members (excludes halogenated alkanes) is 1. The van der Waals surface area contributed by atoms with Crippen LogP contribution >= 0.6 is 0 Å². The maximum Gasteiger partial charge on any atom is 0.305 e. The monoisotopic (exact) mass is 296 g/mol. The molecule has 0 N–H and O–H groups in total. The molecule has 5 nitrogen and oxygen atoms in total. The maximum atomic E-state index is 11.3. The number of benzene rings is 1. The summed E-state index contributed by atoms with van der Waals surface area (Å²) in [4.78, 5) is 11.3. The van der Waals surface area contributed by atoms with Crippen molar-refractivity contribution in [3.05, 3.63) is 17.7 Å².